The summed E-state index contributed by atoms with van der Waals surface area (Å²) >= 11 is 8.02. The molecule has 128 valence electrons. The van der Waals surface area contributed by atoms with Gasteiger partial charge in [-0.05, 0) is 37.0 Å². The van der Waals surface area contributed by atoms with Crippen LogP contribution in [0, 0.1) is 0 Å². The van der Waals surface area contributed by atoms with Gasteiger partial charge in [-0.2, -0.15) is 11.8 Å². The van der Waals surface area contributed by atoms with Crippen LogP contribution in [0.15, 0.2) is 24.3 Å². The number of rotatable bonds is 6. The van der Waals surface area contributed by atoms with E-state index in [9.17, 15) is 4.79 Å². The third kappa shape index (κ3) is 4.86. The van der Waals surface area contributed by atoms with Crippen molar-refractivity contribution in [2.24, 2.45) is 5.73 Å². The van der Waals surface area contributed by atoms with Crippen molar-refractivity contribution in [1.82, 2.24) is 9.80 Å². The minimum absolute atomic E-state index is 0.0871. The van der Waals surface area contributed by atoms with Crippen LogP contribution in [0.5, 0.6) is 0 Å². The molecule has 2 unspecified atom stereocenters. The van der Waals surface area contributed by atoms with E-state index in [-0.39, 0.29) is 18.0 Å². The number of hydrogen-bond acceptors (Lipinski definition) is 4. The lowest BCUT2D eigenvalue weighted by atomic mass is 10.1. The molecule has 2 atom stereocenters. The maximum absolute atomic E-state index is 12.4. The maximum Gasteiger partial charge on any atom is 0.239 e. The number of nitrogens with zero attached hydrogens (tertiary/aromatic N) is 2. The molecule has 0 saturated carbocycles. The van der Waals surface area contributed by atoms with Crippen LogP contribution >= 0.6 is 23.4 Å². The molecule has 1 fully saturated rings. The van der Waals surface area contributed by atoms with Crippen molar-refractivity contribution < 1.29 is 4.79 Å². The van der Waals surface area contributed by atoms with Gasteiger partial charge in [-0.1, -0.05) is 29.8 Å². The molecule has 1 aliphatic heterocycles. The van der Waals surface area contributed by atoms with Crippen molar-refractivity contribution in [1.29, 1.82) is 0 Å². The number of thioether (sulfide) groups is 1. The maximum atomic E-state index is 12.4. The van der Waals surface area contributed by atoms with Crippen molar-refractivity contribution >= 4 is 29.3 Å². The second-order valence-electron chi connectivity index (χ2n) is 5.95. The highest BCUT2D eigenvalue weighted by molar-refractivity contribution is 7.98. The molecule has 1 aliphatic rings. The van der Waals surface area contributed by atoms with Crippen molar-refractivity contribution in [3.63, 3.8) is 0 Å². The molecular weight excluding hydrogens is 330 g/mol. The van der Waals surface area contributed by atoms with Gasteiger partial charge in [-0.3, -0.25) is 9.69 Å². The Morgan fingerprint density at radius 2 is 1.96 bits per heavy atom. The quantitative estimate of drug-likeness (QED) is 0.852. The van der Waals surface area contributed by atoms with Crippen LogP contribution < -0.4 is 5.73 Å². The molecule has 0 aliphatic carbocycles. The van der Waals surface area contributed by atoms with Crippen molar-refractivity contribution in [2.75, 3.05) is 38.2 Å². The monoisotopic (exact) mass is 355 g/mol. The molecule has 1 aromatic rings. The lowest BCUT2D eigenvalue weighted by molar-refractivity contribution is -0.134. The van der Waals surface area contributed by atoms with Gasteiger partial charge in [0.15, 0.2) is 0 Å². The first-order chi connectivity index (χ1) is 11.0. The van der Waals surface area contributed by atoms with E-state index >= 15 is 0 Å². The Balaban J connectivity index is 1.88. The van der Waals surface area contributed by atoms with E-state index in [0.29, 0.717) is 0 Å². The van der Waals surface area contributed by atoms with Gasteiger partial charge in [0.05, 0.1) is 6.04 Å². The Bertz CT molecular complexity index is 520. The highest BCUT2D eigenvalue weighted by atomic mass is 35.5. The fourth-order valence-electron chi connectivity index (χ4n) is 2.94. The number of benzene rings is 1. The van der Waals surface area contributed by atoms with Crippen LogP contribution in [0.3, 0.4) is 0 Å². The fourth-order valence-corrected chi connectivity index (χ4v) is 3.73. The first-order valence-electron chi connectivity index (χ1n) is 8.06. The highest BCUT2D eigenvalue weighted by Gasteiger charge is 2.27. The van der Waals surface area contributed by atoms with E-state index in [1.54, 1.807) is 11.8 Å². The molecule has 6 heteroatoms. The lowest BCUT2D eigenvalue weighted by Gasteiger charge is -2.39. The SMILES string of the molecule is CSCCC(N)C(=O)N1CCN(C(C)c2ccccc2Cl)CC1. The Morgan fingerprint density at radius 3 is 2.57 bits per heavy atom. The smallest absolute Gasteiger partial charge is 0.239 e. The van der Waals surface area contributed by atoms with E-state index in [0.717, 1.165) is 48.9 Å². The lowest BCUT2D eigenvalue weighted by Crippen LogP contribution is -2.53. The fraction of sp³-hybridized carbons (Fsp3) is 0.588. The van der Waals surface area contributed by atoms with Gasteiger partial charge in [-0.15, -0.1) is 0 Å². The van der Waals surface area contributed by atoms with Crippen molar-refractivity contribution in [3.8, 4) is 0 Å². The van der Waals surface area contributed by atoms with Gasteiger partial charge in [-0.25, -0.2) is 0 Å². The number of carbonyl (C=O) groups excluding carboxylic acids is 1. The first kappa shape index (κ1) is 18.6. The highest BCUT2D eigenvalue weighted by Crippen LogP contribution is 2.27. The van der Waals surface area contributed by atoms with E-state index < -0.39 is 0 Å². The topological polar surface area (TPSA) is 49.6 Å². The second kappa shape index (κ2) is 8.92. The summed E-state index contributed by atoms with van der Waals surface area (Å²) in [5.41, 5.74) is 7.15. The predicted molar refractivity (Wildman–Crippen MR) is 99.0 cm³/mol. The number of carbonyl (C=O) groups is 1. The summed E-state index contributed by atoms with van der Waals surface area (Å²) in [7, 11) is 0. The van der Waals surface area contributed by atoms with Gasteiger partial charge >= 0.3 is 0 Å². The Kier molecular flexibility index (Phi) is 7.21. The summed E-state index contributed by atoms with van der Waals surface area (Å²) in [6, 6.07) is 7.86. The van der Waals surface area contributed by atoms with Gasteiger partial charge in [0.25, 0.3) is 0 Å². The Morgan fingerprint density at radius 1 is 1.30 bits per heavy atom. The van der Waals surface area contributed by atoms with Crippen LogP contribution in [0.1, 0.15) is 24.9 Å². The third-order valence-electron chi connectivity index (χ3n) is 4.48. The number of nitrogens with two attached hydrogens (primary N) is 1. The zero-order chi connectivity index (χ0) is 16.8. The van der Waals surface area contributed by atoms with Crippen molar-refractivity contribution in [3.05, 3.63) is 34.9 Å². The largest absolute Gasteiger partial charge is 0.339 e. The van der Waals surface area contributed by atoms with Crippen LogP contribution in [-0.2, 0) is 4.79 Å². The second-order valence-corrected chi connectivity index (χ2v) is 7.34. The third-order valence-corrected chi connectivity index (χ3v) is 5.47. The summed E-state index contributed by atoms with van der Waals surface area (Å²) in [5, 5.41) is 0.803. The molecule has 0 radical (unpaired) electrons. The van der Waals surface area contributed by atoms with Gasteiger partial charge < -0.3 is 10.6 Å². The van der Waals surface area contributed by atoms with Crippen molar-refractivity contribution in [2.45, 2.75) is 25.4 Å². The van der Waals surface area contributed by atoms with Gasteiger partial charge in [0.2, 0.25) is 5.91 Å². The summed E-state index contributed by atoms with van der Waals surface area (Å²) in [6.45, 7) is 5.35. The predicted octanol–water partition coefficient (Wildman–Crippen LogP) is 2.63. The standard InChI is InChI=1S/C17H26ClN3OS/c1-13(14-5-3-4-6-15(14)18)20-8-10-21(11-9-20)17(22)16(19)7-12-23-2/h3-6,13,16H,7-12,19H2,1-2H3. The number of amides is 1. The minimum atomic E-state index is -0.366. The van der Waals surface area contributed by atoms with E-state index in [1.807, 2.05) is 29.4 Å². The zero-order valence-corrected chi connectivity index (χ0v) is 15.4. The zero-order valence-electron chi connectivity index (χ0n) is 13.9. The molecule has 2 N–H and O–H groups in total. The van der Waals surface area contributed by atoms with Crippen LogP contribution in [0.4, 0.5) is 0 Å². The molecule has 1 aromatic carbocycles. The molecule has 1 saturated heterocycles. The molecule has 0 bridgehead atoms. The molecule has 2 rings (SSSR count). The summed E-state index contributed by atoms with van der Waals surface area (Å²) in [4.78, 5) is 16.6. The van der Waals surface area contributed by atoms with E-state index in [2.05, 4.69) is 17.9 Å². The molecular formula is C17H26ClN3OS. The summed E-state index contributed by atoms with van der Waals surface area (Å²) < 4.78 is 0. The average molecular weight is 356 g/mol. The van der Waals surface area contributed by atoms with Gasteiger partial charge in [0.1, 0.15) is 0 Å². The van der Waals surface area contributed by atoms with E-state index in [1.165, 1.54) is 0 Å². The molecule has 1 heterocycles. The Labute approximate surface area is 148 Å². The number of halogens is 1. The first-order valence-corrected chi connectivity index (χ1v) is 9.83. The summed E-state index contributed by atoms with van der Waals surface area (Å²) in [5.74, 6) is 1.01. The molecule has 0 aromatic heterocycles. The summed E-state index contributed by atoms with van der Waals surface area (Å²) in [6.07, 6.45) is 2.78. The van der Waals surface area contributed by atoms with Crippen LogP contribution in [0.25, 0.3) is 0 Å². The minimum Gasteiger partial charge on any atom is -0.339 e. The molecule has 23 heavy (non-hydrogen) atoms. The van der Waals surface area contributed by atoms with Crippen LogP contribution in [-0.4, -0.2) is 59.9 Å². The normalized spacial score (nSPS) is 18.7. The van der Waals surface area contributed by atoms with E-state index in [4.69, 9.17) is 17.3 Å². The van der Waals surface area contributed by atoms with Crippen LogP contribution in [0.2, 0.25) is 5.02 Å². The number of hydrogen-bond donors (Lipinski definition) is 1. The Hall–Kier alpha value is -0.750. The average Bonchev–Trinajstić information content (AvgIpc) is 2.59. The molecule has 4 nitrogen and oxygen atoms in total. The molecule has 1 amide bonds. The van der Waals surface area contributed by atoms with Gasteiger partial charge in [0, 0.05) is 37.2 Å². The molecule has 0 spiro atoms. The number of piperazine rings is 1.